The highest BCUT2D eigenvalue weighted by Gasteiger charge is 2.37. The first-order valence-corrected chi connectivity index (χ1v) is 25.1. The van der Waals surface area contributed by atoms with Gasteiger partial charge in [0, 0.05) is 0 Å². The van der Waals surface area contributed by atoms with Gasteiger partial charge in [0.25, 0.3) is 0 Å². The molecule has 0 bridgehead atoms. The molecule has 0 N–H and O–H groups in total. The Morgan fingerprint density at radius 3 is 0.861 bits per heavy atom. The summed E-state index contributed by atoms with van der Waals surface area (Å²) in [4.78, 5) is 0. The Morgan fingerprint density at radius 1 is 0.139 bits per heavy atom. The van der Waals surface area contributed by atoms with E-state index in [1.807, 2.05) is 0 Å². The normalized spacial score (nSPS) is 11.9. The van der Waals surface area contributed by atoms with Gasteiger partial charge in [-0.25, -0.2) is 0 Å². The molecule has 0 atom stereocenters. The lowest BCUT2D eigenvalue weighted by Crippen LogP contribution is -1.96. The lowest BCUT2D eigenvalue weighted by molar-refractivity contribution is 1.58. The lowest BCUT2D eigenvalue weighted by Gasteiger charge is -2.23. The first kappa shape index (κ1) is 40.5. The van der Waals surface area contributed by atoms with Crippen LogP contribution in [0, 0.1) is 0 Å². The molecule has 13 aromatic carbocycles. The maximum Gasteiger partial charge on any atom is -0.000718 e. The third kappa shape index (κ3) is 5.93. The van der Waals surface area contributed by atoms with E-state index in [1.54, 1.807) is 0 Å². The molecule has 332 valence electrons. The minimum Gasteiger partial charge on any atom is -0.0622 e. The molecule has 0 radical (unpaired) electrons. The standard InChI is InChI=1S/C72H44/c1-6-22-45(23-7-1)50-38-39-57-62(44-50)64(49-30-14-5-15-31-49)70-59-41-43-61-68-60(42-40-58(67(59)68)69(70)63(57)48-28-12-4-13-29-48)71-65(53-34-18-16-32-51(53)46-24-8-2-9-25-46)55-36-20-21-37-56(55)66(72(61)71)54-35-19-17-33-52(54)47-26-10-3-11-27-47/h1-44H. The smallest absolute Gasteiger partial charge is 0.000718 e. The van der Waals surface area contributed by atoms with Gasteiger partial charge in [-0.2, -0.15) is 0 Å². The molecule has 0 aromatic heterocycles. The van der Waals surface area contributed by atoms with E-state index in [0.29, 0.717) is 0 Å². The van der Waals surface area contributed by atoms with Crippen molar-refractivity contribution >= 4 is 32.3 Å². The summed E-state index contributed by atoms with van der Waals surface area (Å²) in [5.41, 5.74) is 27.7. The third-order valence-corrected chi connectivity index (χ3v) is 15.6. The second-order valence-electron chi connectivity index (χ2n) is 19.3. The molecular formula is C72H44. The van der Waals surface area contributed by atoms with E-state index in [4.69, 9.17) is 0 Å². The highest BCUT2D eigenvalue weighted by Crippen LogP contribution is 2.65. The molecule has 0 heterocycles. The van der Waals surface area contributed by atoms with E-state index in [2.05, 4.69) is 267 Å². The number of hydrogen-bond donors (Lipinski definition) is 0. The Balaban J connectivity index is 1.11. The van der Waals surface area contributed by atoms with Crippen LogP contribution in [0.4, 0.5) is 0 Å². The van der Waals surface area contributed by atoms with Crippen LogP contribution in [0.2, 0.25) is 0 Å². The summed E-state index contributed by atoms with van der Waals surface area (Å²) < 4.78 is 0. The van der Waals surface area contributed by atoms with Crippen molar-refractivity contribution in [3.63, 3.8) is 0 Å². The van der Waals surface area contributed by atoms with E-state index in [-0.39, 0.29) is 0 Å². The van der Waals surface area contributed by atoms with Crippen LogP contribution in [-0.4, -0.2) is 0 Å². The van der Waals surface area contributed by atoms with Crippen molar-refractivity contribution in [3.05, 3.63) is 267 Å². The van der Waals surface area contributed by atoms with Crippen LogP contribution >= 0.6 is 0 Å². The molecule has 0 saturated carbocycles. The molecule has 0 aliphatic heterocycles. The van der Waals surface area contributed by atoms with Gasteiger partial charge < -0.3 is 0 Å². The fourth-order valence-corrected chi connectivity index (χ4v) is 12.7. The maximum absolute atomic E-state index is 2.48. The number of fused-ring (bicyclic) bond motifs is 8. The third-order valence-electron chi connectivity index (χ3n) is 15.6. The van der Waals surface area contributed by atoms with Crippen molar-refractivity contribution < 1.29 is 0 Å². The molecule has 72 heavy (non-hydrogen) atoms. The summed E-state index contributed by atoms with van der Waals surface area (Å²) >= 11 is 0. The minimum absolute atomic E-state index is 1.21. The van der Waals surface area contributed by atoms with Gasteiger partial charge in [-0.1, -0.05) is 261 Å². The van der Waals surface area contributed by atoms with Crippen molar-refractivity contribution in [2.75, 3.05) is 0 Å². The Bertz CT molecular complexity index is 4190. The zero-order chi connectivity index (χ0) is 47.3. The topological polar surface area (TPSA) is 0 Å². The predicted molar refractivity (Wildman–Crippen MR) is 306 cm³/mol. The summed E-state index contributed by atoms with van der Waals surface area (Å²) in [7, 11) is 0. The molecule has 15 rings (SSSR count). The number of benzene rings is 13. The molecule has 2 aliphatic rings. The van der Waals surface area contributed by atoms with Crippen LogP contribution in [0.15, 0.2) is 267 Å². The van der Waals surface area contributed by atoms with Gasteiger partial charge in [0.2, 0.25) is 0 Å². The average Bonchev–Trinajstić information content (AvgIpc) is 3.97. The van der Waals surface area contributed by atoms with Crippen LogP contribution in [0.5, 0.6) is 0 Å². The van der Waals surface area contributed by atoms with Crippen LogP contribution in [0.25, 0.3) is 155 Å². The van der Waals surface area contributed by atoms with Gasteiger partial charge in [0.05, 0.1) is 0 Å². The Hall–Kier alpha value is -9.36. The van der Waals surface area contributed by atoms with E-state index in [9.17, 15) is 0 Å². The SMILES string of the molecule is c1ccc(-c2ccc3c(-c4ccccc4)c4c(c(-c5ccccc5)c3c2)-c2ccc3c5c(ccc-4c25)-c2c-3c(-c3ccccc3-c3ccccc3)c3ccccc3c2-c2ccccc2-c2ccccc2)cc1. The predicted octanol–water partition coefficient (Wildman–Crippen LogP) is 20.1. The largest absolute Gasteiger partial charge is 0.0622 e. The fraction of sp³-hybridized carbons (Fsp3) is 0. The van der Waals surface area contributed by atoms with Crippen molar-refractivity contribution in [3.8, 4) is 122 Å². The second-order valence-corrected chi connectivity index (χ2v) is 19.3. The van der Waals surface area contributed by atoms with E-state index in [1.165, 1.54) is 155 Å². The monoisotopic (exact) mass is 908 g/mol. The summed E-state index contributed by atoms with van der Waals surface area (Å²) in [6.07, 6.45) is 0. The van der Waals surface area contributed by atoms with Gasteiger partial charge >= 0.3 is 0 Å². The molecule has 0 fully saturated rings. The number of rotatable bonds is 7. The molecule has 0 heteroatoms. The van der Waals surface area contributed by atoms with Crippen LogP contribution in [0.3, 0.4) is 0 Å². The van der Waals surface area contributed by atoms with Crippen LogP contribution in [0.1, 0.15) is 0 Å². The van der Waals surface area contributed by atoms with Gasteiger partial charge in [-0.3, -0.25) is 0 Å². The van der Waals surface area contributed by atoms with Gasteiger partial charge in [-0.15, -0.1) is 0 Å². The van der Waals surface area contributed by atoms with Gasteiger partial charge in [0.15, 0.2) is 0 Å². The zero-order valence-electron chi connectivity index (χ0n) is 39.4. The van der Waals surface area contributed by atoms with E-state index < -0.39 is 0 Å². The fourth-order valence-electron chi connectivity index (χ4n) is 12.7. The second kappa shape index (κ2) is 16.1. The zero-order valence-corrected chi connectivity index (χ0v) is 39.4. The molecule has 0 nitrogen and oxygen atoms in total. The Kier molecular flexibility index (Phi) is 9.06. The maximum atomic E-state index is 2.48. The van der Waals surface area contributed by atoms with Crippen LogP contribution in [-0.2, 0) is 0 Å². The molecule has 0 amide bonds. The van der Waals surface area contributed by atoms with Crippen molar-refractivity contribution in [1.82, 2.24) is 0 Å². The van der Waals surface area contributed by atoms with Gasteiger partial charge in [-0.05, 0) is 161 Å². The van der Waals surface area contributed by atoms with Crippen molar-refractivity contribution in [1.29, 1.82) is 0 Å². The molecule has 2 aliphatic carbocycles. The Morgan fingerprint density at radius 2 is 0.444 bits per heavy atom. The number of hydrogen-bond acceptors (Lipinski definition) is 0. The molecule has 13 aromatic rings. The quantitative estimate of drug-likeness (QED) is 0.149. The van der Waals surface area contributed by atoms with Crippen molar-refractivity contribution in [2.24, 2.45) is 0 Å². The van der Waals surface area contributed by atoms with Crippen LogP contribution < -0.4 is 0 Å². The minimum atomic E-state index is 1.21. The Labute approximate surface area is 419 Å². The highest BCUT2D eigenvalue weighted by atomic mass is 14.4. The summed E-state index contributed by atoms with van der Waals surface area (Å²) in [6.45, 7) is 0. The van der Waals surface area contributed by atoms with Gasteiger partial charge in [0.1, 0.15) is 0 Å². The first-order chi connectivity index (χ1) is 35.8. The highest BCUT2D eigenvalue weighted by molar-refractivity contribution is 6.36. The molecular weight excluding hydrogens is 865 g/mol. The van der Waals surface area contributed by atoms with E-state index >= 15 is 0 Å². The molecule has 0 spiro atoms. The molecule has 0 saturated heterocycles. The van der Waals surface area contributed by atoms with E-state index in [0.717, 1.165) is 0 Å². The lowest BCUT2D eigenvalue weighted by atomic mass is 9.79. The molecule has 0 unspecified atom stereocenters. The summed E-state index contributed by atoms with van der Waals surface area (Å²) in [5.74, 6) is 0. The summed E-state index contributed by atoms with van der Waals surface area (Å²) in [5, 5.41) is 7.67. The van der Waals surface area contributed by atoms with Crippen molar-refractivity contribution in [2.45, 2.75) is 0 Å². The average molecular weight is 909 g/mol. The summed E-state index contributed by atoms with van der Waals surface area (Å²) in [6, 6.07) is 99.3. The first-order valence-electron chi connectivity index (χ1n) is 25.1.